The van der Waals surface area contributed by atoms with Crippen LogP contribution in [-0.2, 0) is 9.59 Å². The summed E-state index contributed by atoms with van der Waals surface area (Å²) in [6.45, 7) is 2.42. The highest BCUT2D eigenvalue weighted by Crippen LogP contribution is 2.23. The first kappa shape index (κ1) is 17.9. The van der Waals surface area contributed by atoms with Crippen LogP contribution in [0.5, 0.6) is 0 Å². The Morgan fingerprint density at radius 1 is 1.08 bits per heavy atom. The molecule has 3 rings (SSSR count). The fraction of sp³-hybridized carbons (Fsp3) is 0.350. The number of likely N-dealkylation sites (tertiary alicyclic amines) is 1. The third-order valence-corrected chi connectivity index (χ3v) is 4.90. The number of nitrogens with one attached hydrogen (secondary N) is 1. The van der Waals surface area contributed by atoms with Crippen molar-refractivity contribution < 1.29 is 19.5 Å². The largest absolute Gasteiger partial charge is 0.480 e. The maximum Gasteiger partial charge on any atom is 0.325 e. The lowest BCUT2D eigenvalue weighted by molar-refractivity contribution is -0.142. The molecule has 2 aromatic carbocycles. The van der Waals surface area contributed by atoms with Gasteiger partial charge in [-0.05, 0) is 36.6 Å². The van der Waals surface area contributed by atoms with Crippen molar-refractivity contribution in [1.29, 1.82) is 0 Å². The van der Waals surface area contributed by atoms with Gasteiger partial charge in [0.25, 0.3) is 5.91 Å². The SMILES string of the molecule is CC(NC(=O)C1CCN(C(=O)c2cccc3ccccc23)CC1)C(=O)O. The Labute approximate surface area is 151 Å². The molecule has 2 N–H and O–H groups in total. The predicted octanol–water partition coefficient (Wildman–Crippen LogP) is 2.28. The summed E-state index contributed by atoms with van der Waals surface area (Å²) in [6.07, 6.45) is 1.07. The Morgan fingerprint density at radius 3 is 2.42 bits per heavy atom. The van der Waals surface area contributed by atoms with Crippen molar-refractivity contribution in [3.05, 3.63) is 48.0 Å². The van der Waals surface area contributed by atoms with Crippen LogP contribution < -0.4 is 5.32 Å². The van der Waals surface area contributed by atoms with Crippen LogP contribution in [0.2, 0.25) is 0 Å². The van der Waals surface area contributed by atoms with Gasteiger partial charge in [-0.1, -0.05) is 36.4 Å². The molecule has 0 radical (unpaired) electrons. The van der Waals surface area contributed by atoms with E-state index in [0.29, 0.717) is 31.5 Å². The average molecular weight is 354 g/mol. The van der Waals surface area contributed by atoms with Gasteiger partial charge in [0.2, 0.25) is 5.91 Å². The number of aliphatic carboxylic acids is 1. The lowest BCUT2D eigenvalue weighted by Crippen LogP contribution is -2.46. The molecule has 0 bridgehead atoms. The molecule has 1 aliphatic heterocycles. The minimum Gasteiger partial charge on any atom is -0.480 e. The molecule has 1 fully saturated rings. The topological polar surface area (TPSA) is 86.7 Å². The third kappa shape index (κ3) is 3.69. The van der Waals surface area contributed by atoms with Gasteiger partial charge in [-0.3, -0.25) is 14.4 Å². The predicted molar refractivity (Wildman–Crippen MR) is 97.8 cm³/mol. The minimum absolute atomic E-state index is 0.0282. The quantitative estimate of drug-likeness (QED) is 0.882. The zero-order chi connectivity index (χ0) is 18.7. The number of benzene rings is 2. The van der Waals surface area contributed by atoms with Gasteiger partial charge in [-0.2, -0.15) is 0 Å². The number of rotatable bonds is 4. The summed E-state index contributed by atoms with van der Waals surface area (Å²) < 4.78 is 0. The van der Waals surface area contributed by atoms with Crippen LogP contribution in [0, 0.1) is 5.92 Å². The van der Waals surface area contributed by atoms with Crippen molar-refractivity contribution >= 4 is 28.6 Å². The number of hydrogen-bond acceptors (Lipinski definition) is 3. The van der Waals surface area contributed by atoms with Gasteiger partial charge in [-0.25, -0.2) is 0 Å². The second-order valence-corrected chi connectivity index (χ2v) is 6.66. The number of amides is 2. The number of carbonyl (C=O) groups excluding carboxylic acids is 2. The highest BCUT2D eigenvalue weighted by atomic mass is 16.4. The Morgan fingerprint density at radius 2 is 1.73 bits per heavy atom. The number of piperidine rings is 1. The fourth-order valence-corrected chi connectivity index (χ4v) is 3.32. The van der Waals surface area contributed by atoms with E-state index in [1.54, 1.807) is 4.90 Å². The van der Waals surface area contributed by atoms with Gasteiger partial charge < -0.3 is 15.3 Å². The van der Waals surface area contributed by atoms with Crippen LogP contribution >= 0.6 is 0 Å². The summed E-state index contributed by atoms with van der Waals surface area (Å²) in [6, 6.07) is 12.6. The van der Waals surface area contributed by atoms with E-state index in [9.17, 15) is 14.4 Å². The Kier molecular flexibility index (Phi) is 5.21. The lowest BCUT2D eigenvalue weighted by atomic mass is 9.94. The molecule has 1 unspecified atom stereocenters. The first-order chi connectivity index (χ1) is 12.5. The maximum atomic E-state index is 12.9. The standard InChI is InChI=1S/C20H22N2O4/c1-13(20(25)26)21-18(23)15-9-11-22(12-10-15)19(24)17-8-4-6-14-5-2-3-7-16(14)17/h2-8,13,15H,9-12H2,1H3,(H,21,23)(H,25,26). The molecule has 1 saturated heterocycles. The molecule has 2 aromatic rings. The molecule has 1 aliphatic rings. The van der Waals surface area contributed by atoms with Crippen LogP contribution in [0.25, 0.3) is 10.8 Å². The van der Waals surface area contributed by atoms with E-state index in [1.807, 2.05) is 42.5 Å². The van der Waals surface area contributed by atoms with Crippen molar-refractivity contribution in [2.45, 2.75) is 25.8 Å². The Hall–Kier alpha value is -2.89. The molecular weight excluding hydrogens is 332 g/mol. The van der Waals surface area contributed by atoms with Crippen LogP contribution in [0.1, 0.15) is 30.1 Å². The van der Waals surface area contributed by atoms with Crippen molar-refractivity contribution in [2.24, 2.45) is 5.92 Å². The van der Waals surface area contributed by atoms with Crippen LogP contribution in [0.3, 0.4) is 0 Å². The molecule has 136 valence electrons. The van der Waals surface area contributed by atoms with E-state index in [0.717, 1.165) is 10.8 Å². The first-order valence-electron chi connectivity index (χ1n) is 8.77. The van der Waals surface area contributed by atoms with Crippen molar-refractivity contribution in [3.63, 3.8) is 0 Å². The first-order valence-corrected chi connectivity index (χ1v) is 8.77. The van der Waals surface area contributed by atoms with Gasteiger partial charge in [0.15, 0.2) is 0 Å². The van der Waals surface area contributed by atoms with Gasteiger partial charge in [-0.15, -0.1) is 0 Å². The van der Waals surface area contributed by atoms with Gasteiger partial charge >= 0.3 is 5.97 Å². The summed E-state index contributed by atoms with van der Waals surface area (Å²) >= 11 is 0. The lowest BCUT2D eigenvalue weighted by Gasteiger charge is -2.32. The number of nitrogens with zero attached hydrogens (tertiary/aromatic N) is 1. The molecule has 0 aromatic heterocycles. The van der Waals surface area contributed by atoms with Gasteiger partial charge in [0.1, 0.15) is 6.04 Å². The number of carbonyl (C=O) groups is 3. The fourth-order valence-electron chi connectivity index (χ4n) is 3.32. The van der Waals surface area contributed by atoms with E-state index in [-0.39, 0.29) is 17.7 Å². The van der Waals surface area contributed by atoms with E-state index in [2.05, 4.69) is 5.32 Å². The highest BCUT2D eigenvalue weighted by Gasteiger charge is 2.29. The minimum atomic E-state index is -1.05. The third-order valence-electron chi connectivity index (χ3n) is 4.90. The number of carboxylic acid groups (broad SMARTS) is 1. The summed E-state index contributed by atoms with van der Waals surface area (Å²) in [5.74, 6) is -1.59. The van der Waals surface area contributed by atoms with Crippen LogP contribution in [0.4, 0.5) is 0 Å². The van der Waals surface area contributed by atoms with E-state index >= 15 is 0 Å². The van der Waals surface area contributed by atoms with Crippen LogP contribution in [0.15, 0.2) is 42.5 Å². The molecule has 6 heteroatoms. The Balaban J connectivity index is 1.65. The molecule has 6 nitrogen and oxygen atoms in total. The van der Waals surface area contributed by atoms with Gasteiger partial charge in [0, 0.05) is 24.6 Å². The molecule has 0 spiro atoms. The summed E-state index contributed by atoms with van der Waals surface area (Å²) in [5.41, 5.74) is 0.672. The highest BCUT2D eigenvalue weighted by molar-refractivity contribution is 6.07. The molecule has 26 heavy (non-hydrogen) atoms. The zero-order valence-corrected chi connectivity index (χ0v) is 14.6. The zero-order valence-electron chi connectivity index (χ0n) is 14.6. The second-order valence-electron chi connectivity index (χ2n) is 6.66. The maximum absolute atomic E-state index is 12.9. The summed E-state index contributed by atoms with van der Waals surface area (Å²) in [4.78, 5) is 37.7. The van der Waals surface area contributed by atoms with Crippen LogP contribution in [-0.4, -0.2) is 46.9 Å². The van der Waals surface area contributed by atoms with E-state index < -0.39 is 12.0 Å². The van der Waals surface area contributed by atoms with E-state index in [1.165, 1.54) is 6.92 Å². The summed E-state index contributed by atoms with van der Waals surface area (Å²) in [7, 11) is 0. The molecule has 0 saturated carbocycles. The van der Waals surface area contributed by atoms with E-state index in [4.69, 9.17) is 5.11 Å². The molecule has 2 amide bonds. The monoisotopic (exact) mass is 354 g/mol. The normalized spacial score (nSPS) is 16.3. The van der Waals surface area contributed by atoms with Crippen molar-refractivity contribution in [3.8, 4) is 0 Å². The number of hydrogen-bond donors (Lipinski definition) is 2. The van der Waals surface area contributed by atoms with Crippen molar-refractivity contribution in [1.82, 2.24) is 10.2 Å². The molecule has 0 aliphatic carbocycles. The number of carboxylic acids is 1. The summed E-state index contributed by atoms with van der Waals surface area (Å²) in [5, 5.41) is 13.3. The molecule has 1 heterocycles. The molecular formula is C20H22N2O4. The van der Waals surface area contributed by atoms with Gasteiger partial charge in [0.05, 0.1) is 0 Å². The molecule has 1 atom stereocenters. The van der Waals surface area contributed by atoms with Crippen molar-refractivity contribution in [2.75, 3.05) is 13.1 Å². The Bertz CT molecular complexity index is 835. The smallest absolute Gasteiger partial charge is 0.325 e. The second kappa shape index (κ2) is 7.56. The average Bonchev–Trinajstić information content (AvgIpc) is 2.67. The number of fused-ring (bicyclic) bond motifs is 1.